The van der Waals surface area contributed by atoms with Gasteiger partial charge in [0.15, 0.2) is 0 Å². The zero-order valence-electron chi connectivity index (χ0n) is 17.2. The van der Waals surface area contributed by atoms with E-state index in [9.17, 15) is 9.18 Å². The first-order valence-electron chi connectivity index (χ1n) is 9.99. The molecular weight excluding hydrogens is 399 g/mol. The number of halogens is 1. The number of aromatic nitrogens is 1. The van der Waals surface area contributed by atoms with Crippen LogP contribution in [0.3, 0.4) is 0 Å². The van der Waals surface area contributed by atoms with Gasteiger partial charge in [-0.1, -0.05) is 30.3 Å². The van der Waals surface area contributed by atoms with Gasteiger partial charge in [-0.15, -0.1) is 11.3 Å². The predicted octanol–water partition coefficient (Wildman–Crippen LogP) is 3.97. The maximum absolute atomic E-state index is 14.2. The van der Waals surface area contributed by atoms with Crippen molar-refractivity contribution in [2.45, 2.75) is 6.54 Å². The Morgan fingerprint density at radius 2 is 1.83 bits per heavy atom. The van der Waals surface area contributed by atoms with Crippen LogP contribution in [0.4, 0.5) is 10.1 Å². The van der Waals surface area contributed by atoms with Crippen LogP contribution in [-0.4, -0.2) is 61.0 Å². The highest BCUT2D eigenvalue weighted by atomic mass is 32.1. The Hall–Kier alpha value is -2.77. The zero-order valence-corrected chi connectivity index (χ0v) is 18.0. The van der Waals surface area contributed by atoms with Crippen molar-refractivity contribution in [1.29, 1.82) is 0 Å². The summed E-state index contributed by atoms with van der Waals surface area (Å²) in [6, 6.07) is 14.9. The fourth-order valence-electron chi connectivity index (χ4n) is 3.62. The van der Waals surface area contributed by atoms with Crippen molar-refractivity contribution in [1.82, 2.24) is 14.8 Å². The molecule has 1 aliphatic heterocycles. The molecule has 5 nitrogen and oxygen atoms in total. The number of carbonyl (C=O) groups excluding carboxylic acids is 1. The Morgan fingerprint density at radius 3 is 2.50 bits per heavy atom. The molecule has 1 fully saturated rings. The zero-order chi connectivity index (χ0) is 21.1. The number of hydrogen-bond acceptors (Lipinski definition) is 5. The molecule has 0 unspecified atom stereocenters. The number of anilines is 1. The Kier molecular flexibility index (Phi) is 6.11. The van der Waals surface area contributed by atoms with Crippen molar-refractivity contribution in [3.05, 3.63) is 71.0 Å². The molecule has 1 aliphatic rings. The molecule has 1 amide bonds. The molecule has 0 radical (unpaired) electrons. The average molecular weight is 425 g/mol. The van der Waals surface area contributed by atoms with Crippen LogP contribution in [-0.2, 0) is 6.54 Å². The molecule has 0 saturated carbocycles. The van der Waals surface area contributed by atoms with Gasteiger partial charge >= 0.3 is 0 Å². The lowest BCUT2D eigenvalue weighted by Gasteiger charge is -2.34. The number of thiazole rings is 1. The van der Waals surface area contributed by atoms with E-state index in [-0.39, 0.29) is 11.7 Å². The molecule has 4 rings (SSSR count). The molecule has 2 aromatic carbocycles. The van der Waals surface area contributed by atoms with E-state index in [4.69, 9.17) is 4.98 Å². The Bertz CT molecular complexity index is 1010. The van der Waals surface area contributed by atoms with Crippen LogP contribution in [0.5, 0.6) is 0 Å². The minimum atomic E-state index is -0.373. The highest BCUT2D eigenvalue weighted by molar-refractivity contribution is 7.13. The molecule has 7 heteroatoms. The first-order chi connectivity index (χ1) is 14.5. The molecule has 0 N–H and O–H groups in total. The van der Waals surface area contributed by atoms with E-state index in [2.05, 4.69) is 22.4 Å². The highest BCUT2D eigenvalue weighted by Crippen LogP contribution is 2.24. The third kappa shape index (κ3) is 4.52. The summed E-state index contributed by atoms with van der Waals surface area (Å²) in [5.74, 6) is -0.485. The van der Waals surface area contributed by atoms with E-state index in [0.717, 1.165) is 35.9 Å². The van der Waals surface area contributed by atoms with Crippen molar-refractivity contribution < 1.29 is 9.18 Å². The number of benzene rings is 2. The van der Waals surface area contributed by atoms with Crippen LogP contribution < -0.4 is 4.90 Å². The van der Waals surface area contributed by atoms with Gasteiger partial charge in [0.2, 0.25) is 0 Å². The summed E-state index contributed by atoms with van der Waals surface area (Å²) in [6.45, 7) is 3.60. The molecule has 0 aliphatic carbocycles. The van der Waals surface area contributed by atoms with Gasteiger partial charge in [-0.25, -0.2) is 9.37 Å². The SMILES string of the molecule is CN(C)c1ccc(C(=O)N2CCN(Cc3csc(-c4ccccc4)n3)CC2)cc1F. The maximum atomic E-state index is 14.2. The van der Waals surface area contributed by atoms with Crippen LogP contribution in [0.15, 0.2) is 53.9 Å². The largest absolute Gasteiger partial charge is 0.375 e. The Morgan fingerprint density at radius 1 is 1.10 bits per heavy atom. The molecular formula is C23H25FN4OS. The molecule has 30 heavy (non-hydrogen) atoms. The molecule has 0 spiro atoms. The minimum Gasteiger partial charge on any atom is -0.375 e. The summed E-state index contributed by atoms with van der Waals surface area (Å²) in [6.07, 6.45) is 0. The molecule has 1 saturated heterocycles. The summed E-state index contributed by atoms with van der Waals surface area (Å²) in [5, 5.41) is 3.14. The second-order valence-corrected chi connectivity index (χ2v) is 8.50. The van der Waals surface area contributed by atoms with Crippen molar-refractivity contribution >= 4 is 22.9 Å². The van der Waals surface area contributed by atoms with Crippen LogP contribution in [0.1, 0.15) is 16.1 Å². The van der Waals surface area contributed by atoms with Gasteiger partial charge in [0.25, 0.3) is 5.91 Å². The number of hydrogen-bond donors (Lipinski definition) is 0. The van der Waals surface area contributed by atoms with Gasteiger partial charge in [0, 0.05) is 63.3 Å². The van der Waals surface area contributed by atoms with E-state index in [1.54, 1.807) is 47.4 Å². The number of rotatable bonds is 5. The van der Waals surface area contributed by atoms with Crippen molar-refractivity contribution in [3.63, 3.8) is 0 Å². The molecule has 1 aromatic heterocycles. The average Bonchev–Trinajstić information content (AvgIpc) is 3.22. The summed E-state index contributed by atoms with van der Waals surface area (Å²) < 4.78 is 14.2. The summed E-state index contributed by atoms with van der Waals surface area (Å²) in [5.41, 5.74) is 3.07. The Labute approximate surface area is 180 Å². The van der Waals surface area contributed by atoms with Crippen molar-refractivity contribution in [3.8, 4) is 10.6 Å². The molecule has 2 heterocycles. The normalized spacial score (nSPS) is 14.7. The second-order valence-electron chi connectivity index (χ2n) is 7.64. The first kappa shape index (κ1) is 20.5. The van der Waals surface area contributed by atoms with E-state index in [1.807, 2.05) is 18.2 Å². The fourth-order valence-corrected chi connectivity index (χ4v) is 4.43. The summed E-state index contributed by atoms with van der Waals surface area (Å²) in [4.78, 5) is 23.3. The number of nitrogens with zero attached hydrogens (tertiary/aromatic N) is 4. The second kappa shape index (κ2) is 8.93. The molecule has 3 aromatic rings. The van der Waals surface area contributed by atoms with E-state index in [1.165, 1.54) is 6.07 Å². The van der Waals surface area contributed by atoms with Gasteiger partial charge in [-0.2, -0.15) is 0 Å². The van der Waals surface area contributed by atoms with Gasteiger partial charge in [0.1, 0.15) is 10.8 Å². The quantitative estimate of drug-likeness (QED) is 0.621. The summed E-state index contributed by atoms with van der Waals surface area (Å²) in [7, 11) is 3.56. The van der Waals surface area contributed by atoms with Crippen LogP contribution >= 0.6 is 11.3 Å². The molecule has 156 valence electrons. The van der Waals surface area contributed by atoms with Crippen LogP contribution in [0.25, 0.3) is 10.6 Å². The van der Waals surface area contributed by atoms with Crippen LogP contribution in [0.2, 0.25) is 0 Å². The smallest absolute Gasteiger partial charge is 0.254 e. The van der Waals surface area contributed by atoms with Gasteiger partial charge in [-0.3, -0.25) is 9.69 Å². The van der Waals surface area contributed by atoms with Gasteiger partial charge in [-0.05, 0) is 18.2 Å². The first-order valence-corrected chi connectivity index (χ1v) is 10.9. The minimum absolute atomic E-state index is 0.112. The van der Waals surface area contributed by atoms with E-state index < -0.39 is 0 Å². The predicted molar refractivity (Wildman–Crippen MR) is 119 cm³/mol. The lowest BCUT2D eigenvalue weighted by Crippen LogP contribution is -2.48. The lowest BCUT2D eigenvalue weighted by molar-refractivity contribution is 0.0627. The van der Waals surface area contributed by atoms with E-state index >= 15 is 0 Å². The van der Waals surface area contributed by atoms with E-state index in [0.29, 0.717) is 24.3 Å². The maximum Gasteiger partial charge on any atom is 0.254 e. The monoisotopic (exact) mass is 424 g/mol. The highest BCUT2D eigenvalue weighted by Gasteiger charge is 2.23. The number of carbonyl (C=O) groups is 1. The summed E-state index contributed by atoms with van der Waals surface area (Å²) >= 11 is 1.66. The number of amides is 1. The fraction of sp³-hybridized carbons (Fsp3) is 0.304. The molecule has 0 atom stereocenters. The lowest BCUT2D eigenvalue weighted by atomic mass is 10.1. The van der Waals surface area contributed by atoms with Crippen LogP contribution in [0, 0.1) is 5.82 Å². The van der Waals surface area contributed by atoms with Crippen molar-refractivity contribution in [2.75, 3.05) is 45.2 Å². The topological polar surface area (TPSA) is 39.7 Å². The number of piperazine rings is 1. The Balaban J connectivity index is 1.33. The standard InChI is InChI=1S/C23H25FN4OS/c1-26(2)21-9-8-18(14-20(21)24)23(29)28-12-10-27(11-13-28)15-19-16-30-22(25-19)17-6-4-3-5-7-17/h3-9,14,16H,10-13,15H2,1-2H3. The van der Waals surface area contributed by atoms with Crippen molar-refractivity contribution in [2.24, 2.45) is 0 Å². The third-order valence-corrected chi connectivity index (χ3v) is 6.23. The molecule has 0 bridgehead atoms. The van der Waals surface area contributed by atoms with Gasteiger partial charge < -0.3 is 9.80 Å². The third-order valence-electron chi connectivity index (χ3n) is 5.29. The van der Waals surface area contributed by atoms with Gasteiger partial charge in [0.05, 0.1) is 11.4 Å².